The van der Waals surface area contributed by atoms with Crippen LogP contribution in [0, 0.1) is 5.82 Å². The molecule has 1 saturated heterocycles. The van der Waals surface area contributed by atoms with Crippen molar-refractivity contribution in [3.05, 3.63) is 40.6 Å². The van der Waals surface area contributed by atoms with Crippen molar-refractivity contribution in [3.63, 3.8) is 0 Å². The minimum Gasteiger partial charge on any atom is -0.467 e. The maximum atomic E-state index is 13.6. The Kier molecular flexibility index (Phi) is 4.74. The first-order valence-electron chi connectivity index (χ1n) is 6.05. The maximum absolute atomic E-state index is 13.6. The number of esters is 1. The zero-order valence-electron chi connectivity index (χ0n) is 11.3. The highest BCUT2D eigenvalue weighted by Gasteiger charge is 2.38. The van der Waals surface area contributed by atoms with Gasteiger partial charge < -0.3 is 4.74 Å². The Morgan fingerprint density at radius 3 is 2.76 bits per heavy atom. The van der Waals surface area contributed by atoms with Crippen molar-refractivity contribution in [2.75, 3.05) is 7.11 Å². The SMILES string of the molecule is COC(=O)C(C)N1C(=O)C(=Cc2ccccc2F)SC1=S. The van der Waals surface area contributed by atoms with Crippen LogP contribution in [0.4, 0.5) is 4.39 Å². The number of methoxy groups -OCH3 is 1. The van der Waals surface area contributed by atoms with E-state index >= 15 is 0 Å². The molecule has 0 saturated carbocycles. The van der Waals surface area contributed by atoms with Gasteiger partial charge in [0.2, 0.25) is 0 Å². The fraction of sp³-hybridized carbons (Fsp3) is 0.214. The lowest BCUT2D eigenvalue weighted by molar-refractivity contribution is -0.147. The summed E-state index contributed by atoms with van der Waals surface area (Å²) in [5.41, 5.74) is 0.295. The molecule has 1 heterocycles. The highest BCUT2D eigenvalue weighted by atomic mass is 32.2. The number of thioether (sulfide) groups is 1. The molecule has 1 unspecified atom stereocenters. The summed E-state index contributed by atoms with van der Waals surface area (Å²) in [4.78, 5) is 25.3. The van der Waals surface area contributed by atoms with E-state index in [4.69, 9.17) is 12.2 Å². The fourth-order valence-electron chi connectivity index (χ4n) is 1.82. The number of halogens is 1. The number of benzene rings is 1. The van der Waals surface area contributed by atoms with E-state index in [0.29, 0.717) is 5.56 Å². The first kappa shape index (κ1) is 15.7. The lowest BCUT2D eigenvalue weighted by Crippen LogP contribution is -2.42. The van der Waals surface area contributed by atoms with Crippen LogP contribution in [0.15, 0.2) is 29.2 Å². The Balaban J connectivity index is 2.30. The van der Waals surface area contributed by atoms with Gasteiger partial charge >= 0.3 is 5.97 Å². The van der Waals surface area contributed by atoms with Crippen molar-refractivity contribution in [2.45, 2.75) is 13.0 Å². The predicted octanol–water partition coefficient (Wildman–Crippen LogP) is 2.59. The highest BCUT2D eigenvalue weighted by Crippen LogP contribution is 2.34. The smallest absolute Gasteiger partial charge is 0.328 e. The number of nitrogens with zero attached hydrogens (tertiary/aromatic N) is 1. The van der Waals surface area contributed by atoms with Gasteiger partial charge in [-0.25, -0.2) is 9.18 Å². The molecule has 1 aliphatic rings. The van der Waals surface area contributed by atoms with Crippen molar-refractivity contribution in [3.8, 4) is 0 Å². The molecule has 0 N–H and O–H groups in total. The average Bonchev–Trinajstić information content (AvgIpc) is 2.74. The van der Waals surface area contributed by atoms with Gasteiger partial charge in [-0.2, -0.15) is 0 Å². The Bertz CT molecular complexity index is 645. The maximum Gasteiger partial charge on any atom is 0.328 e. The van der Waals surface area contributed by atoms with Gasteiger partial charge in [0.25, 0.3) is 5.91 Å². The summed E-state index contributed by atoms with van der Waals surface area (Å²) < 4.78 is 18.5. The predicted molar refractivity (Wildman–Crippen MR) is 82.9 cm³/mol. The first-order valence-corrected chi connectivity index (χ1v) is 7.27. The van der Waals surface area contributed by atoms with Crippen molar-refractivity contribution < 1.29 is 18.7 Å². The highest BCUT2D eigenvalue weighted by molar-refractivity contribution is 8.26. The average molecular weight is 325 g/mol. The molecule has 4 nitrogen and oxygen atoms in total. The van der Waals surface area contributed by atoms with Gasteiger partial charge in [0.1, 0.15) is 16.2 Å². The molecule has 0 aromatic heterocycles. The second-order valence-electron chi connectivity index (χ2n) is 4.27. The third-order valence-electron chi connectivity index (χ3n) is 2.94. The van der Waals surface area contributed by atoms with Crippen molar-refractivity contribution in [1.29, 1.82) is 0 Å². The standard InChI is InChI=1S/C14H12FNO3S2/c1-8(13(18)19-2)16-12(17)11(21-14(16)20)7-9-5-3-4-6-10(9)15/h3-8H,1-2H3. The summed E-state index contributed by atoms with van der Waals surface area (Å²) in [5, 5.41) is 0. The van der Waals surface area contributed by atoms with Crippen LogP contribution in [0.1, 0.15) is 12.5 Å². The van der Waals surface area contributed by atoms with Gasteiger partial charge in [-0.3, -0.25) is 9.69 Å². The van der Waals surface area contributed by atoms with E-state index in [1.807, 2.05) is 0 Å². The van der Waals surface area contributed by atoms with E-state index in [9.17, 15) is 14.0 Å². The molecule has 1 aromatic rings. The third kappa shape index (κ3) is 3.14. The van der Waals surface area contributed by atoms with Gasteiger partial charge in [0.15, 0.2) is 0 Å². The van der Waals surface area contributed by atoms with Crippen molar-refractivity contribution >= 4 is 46.3 Å². The van der Waals surface area contributed by atoms with Gasteiger partial charge in [0, 0.05) is 5.56 Å². The Morgan fingerprint density at radius 2 is 2.14 bits per heavy atom. The van der Waals surface area contributed by atoms with E-state index < -0.39 is 23.7 Å². The molecule has 1 aliphatic heterocycles. The number of carbonyl (C=O) groups is 2. The topological polar surface area (TPSA) is 46.6 Å². The Labute approximate surface area is 130 Å². The molecule has 1 atom stereocenters. The summed E-state index contributed by atoms with van der Waals surface area (Å²) in [5.74, 6) is -1.41. The number of ether oxygens (including phenoxy) is 1. The van der Waals surface area contributed by atoms with Crippen LogP contribution < -0.4 is 0 Å². The van der Waals surface area contributed by atoms with Gasteiger partial charge in [-0.15, -0.1) is 0 Å². The van der Waals surface area contributed by atoms with Crippen LogP contribution in [0.25, 0.3) is 6.08 Å². The molecule has 110 valence electrons. The van der Waals surface area contributed by atoms with Crippen molar-refractivity contribution in [1.82, 2.24) is 4.90 Å². The molecule has 2 rings (SSSR count). The van der Waals surface area contributed by atoms with Crippen LogP contribution in [-0.4, -0.2) is 34.2 Å². The van der Waals surface area contributed by atoms with Crippen LogP contribution in [0.5, 0.6) is 0 Å². The zero-order chi connectivity index (χ0) is 15.6. The number of hydrogen-bond donors (Lipinski definition) is 0. The van der Waals surface area contributed by atoms with E-state index in [-0.39, 0.29) is 9.23 Å². The van der Waals surface area contributed by atoms with Gasteiger partial charge in [0.05, 0.1) is 12.0 Å². The number of thiocarbonyl (C=S) groups is 1. The van der Waals surface area contributed by atoms with Crippen LogP contribution in [0.2, 0.25) is 0 Å². The van der Waals surface area contributed by atoms with E-state index in [2.05, 4.69) is 4.74 Å². The lowest BCUT2D eigenvalue weighted by Gasteiger charge is -2.20. The van der Waals surface area contributed by atoms with Crippen LogP contribution >= 0.6 is 24.0 Å². The normalized spacial score (nSPS) is 18.2. The molecule has 1 amide bonds. The van der Waals surface area contributed by atoms with E-state index in [0.717, 1.165) is 11.8 Å². The molecule has 0 aliphatic carbocycles. The molecule has 1 fully saturated rings. The van der Waals surface area contributed by atoms with Crippen molar-refractivity contribution in [2.24, 2.45) is 0 Å². The number of amides is 1. The molecule has 21 heavy (non-hydrogen) atoms. The molecule has 0 spiro atoms. The summed E-state index contributed by atoms with van der Waals surface area (Å²) in [6, 6.07) is 5.30. The fourth-order valence-corrected chi connectivity index (χ4v) is 3.23. The molecule has 7 heteroatoms. The summed E-state index contributed by atoms with van der Waals surface area (Å²) in [6.07, 6.45) is 1.43. The Morgan fingerprint density at radius 1 is 1.48 bits per heavy atom. The zero-order valence-corrected chi connectivity index (χ0v) is 13.0. The third-order valence-corrected chi connectivity index (χ3v) is 4.28. The molecule has 1 aromatic carbocycles. The summed E-state index contributed by atoms with van der Waals surface area (Å²) >= 11 is 6.15. The Hall–Kier alpha value is -1.73. The summed E-state index contributed by atoms with van der Waals surface area (Å²) in [7, 11) is 1.24. The largest absolute Gasteiger partial charge is 0.467 e. The second-order valence-corrected chi connectivity index (χ2v) is 5.95. The monoisotopic (exact) mass is 325 g/mol. The molecular formula is C14H12FNO3S2. The molecule has 0 radical (unpaired) electrons. The lowest BCUT2D eigenvalue weighted by atomic mass is 10.2. The summed E-state index contributed by atoms with van der Waals surface area (Å²) in [6.45, 7) is 1.53. The minimum absolute atomic E-state index is 0.250. The second kappa shape index (κ2) is 6.36. The quantitative estimate of drug-likeness (QED) is 0.486. The number of rotatable bonds is 3. The van der Waals surface area contributed by atoms with Crippen LogP contribution in [-0.2, 0) is 14.3 Å². The first-order chi connectivity index (χ1) is 9.95. The molecular weight excluding hydrogens is 313 g/mol. The van der Waals surface area contributed by atoms with E-state index in [1.54, 1.807) is 18.2 Å². The minimum atomic E-state index is -0.811. The van der Waals surface area contributed by atoms with Crippen LogP contribution in [0.3, 0.4) is 0 Å². The van der Waals surface area contributed by atoms with Gasteiger partial charge in [-0.1, -0.05) is 42.2 Å². The molecule has 0 bridgehead atoms. The van der Waals surface area contributed by atoms with Gasteiger partial charge in [-0.05, 0) is 19.1 Å². The number of hydrogen-bond acceptors (Lipinski definition) is 5. The van der Waals surface area contributed by atoms with E-state index in [1.165, 1.54) is 31.1 Å². The number of carbonyl (C=O) groups excluding carboxylic acids is 2.